The minimum absolute atomic E-state index is 0.147. The average molecular weight is 255 g/mol. The van der Waals surface area contributed by atoms with E-state index in [2.05, 4.69) is 0 Å². The van der Waals surface area contributed by atoms with E-state index in [4.69, 9.17) is 5.14 Å². The summed E-state index contributed by atoms with van der Waals surface area (Å²) in [7, 11) is -7.46. The molecule has 1 rings (SSSR count). The highest BCUT2D eigenvalue weighted by Gasteiger charge is 2.24. The maximum atomic E-state index is 11.4. The van der Waals surface area contributed by atoms with Crippen LogP contribution in [0.1, 0.15) is 6.92 Å². The molecule has 0 aliphatic carbocycles. The lowest BCUT2D eigenvalue weighted by Crippen LogP contribution is -2.15. The van der Waals surface area contributed by atoms with Crippen LogP contribution in [-0.2, 0) is 19.9 Å². The van der Waals surface area contributed by atoms with Crippen LogP contribution in [0.15, 0.2) is 20.6 Å². The lowest BCUT2D eigenvalue weighted by molar-refractivity contribution is 0.587. The number of sulfonamides is 1. The Balaban J connectivity index is 3.48. The van der Waals surface area contributed by atoms with Crippen molar-refractivity contribution in [1.82, 2.24) is 0 Å². The summed E-state index contributed by atoms with van der Waals surface area (Å²) in [5.41, 5.74) is 0. The van der Waals surface area contributed by atoms with Gasteiger partial charge in [-0.05, 0) is 11.4 Å². The summed E-state index contributed by atoms with van der Waals surface area (Å²) < 4.78 is 44.5. The van der Waals surface area contributed by atoms with E-state index in [0.717, 1.165) is 11.3 Å². The van der Waals surface area contributed by atoms with E-state index in [1.807, 2.05) is 0 Å². The first kappa shape index (κ1) is 11.6. The third kappa shape index (κ3) is 2.14. The van der Waals surface area contributed by atoms with Gasteiger partial charge in [0.25, 0.3) is 0 Å². The summed E-state index contributed by atoms with van der Waals surface area (Å²) in [5.74, 6) is -0.147. The zero-order valence-electron chi connectivity index (χ0n) is 7.30. The Hall–Kier alpha value is -0.440. The van der Waals surface area contributed by atoms with Gasteiger partial charge in [-0.1, -0.05) is 6.92 Å². The second-order valence-corrected chi connectivity index (χ2v) is 7.44. The number of thiophene rings is 1. The third-order valence-electron chi connectivity index (χ3n) is 1.57. The maximum absolute atomic E-state index is 11.4. The lowest BCUT2D eigenvalue weighted by Gasteiger charge is -2.00. The van der Waals surface area contributed by atoms with Crippen LogP contribution in [-0.4, -0.2) is 22.6 Å². The second kappa shape index (κ2) is 3.61. The van der Waals surface area contributed by atoms with Gasteiger partial charge in [0.2, 0.25) is 10.0 Å². The molecule has 0 unspecified atom stereocenters. The molecule has 5 nitrogen and oxygen atoms in total. The fraction of sp³-hybridized carbons (Fsp3) is 0.333. The Bertz CT molecular complexity index is 525. The van der Waals surface area contributed by atoms with Gasteiger partial charge >= 0.3 is 0 Å². The highest BCUT2D eigenvalue weighted by molar-refractivity contribution is 7.94. The monoisotopic (exact) mass is 255 g/mol. The number of primary sulfonamides is 1. The van der Waals surface area contributed by atoms with Crippen LogP contribution in [0.3, 0.4) is 0 Å². The van der Waals surface area contributed by atoms with Crippen LogP contribution in [0.4, 0.5) is 0 Å². The minimum atomic E-state index is -3.94. The van der Waals surface area contributed by atoms with Crippen LogP contribution in [0.5, 0.6) is 0 Å². The number of hydrogen-bond acceptors (Lipinski definition) is 5. The minimum Gasteiger partial charge on any atom is -0.224 e. The predicted octanol–water partition coefficient (Wildman–Crippen LogP) is 0.189. The predicted molar refractivity (Wildman–Crippen MR) is 53.4 cm³/mol. The second-order valence-electron chi connectivity index (χ2n) is 2.52. The standard InChI is InChI=1S/C6H9NO4S3/c1-2-13(8,9)5-3-4-12-6(5)14(7,10)11/h3-4H,2H2,1H3,(H2,7,10,11). The third-order valence-corrected chi connectivity index (χ3v) is 6.03. The van der Waals surface area contributed by atoms with Gasteiger partial charge in [-0.2, -0.15) is 0 Å². The van der Waals surface area contributed by atoms with Gasteiger partial charge in [0.15, 0.2) is 14.0 Å². The largest absolute Gasteiger partial charge is 0.248 e. The molecule has 1 heterocycles. The fourth-order valence-corrected chi connectivity index (χ4v) is 4.62. The highest BCUT2D eigenvalue weighted by atomic mass is 32.2. The normalized spacial score (nSPS) is 13.0. The molecule has 0 atom stereocenters. The smallest absolute Gasteiger partial charge is 0.224 e. The van der Waals surface area contributed by atoms with Gasteiger partial charge in [0, 0.05) is 0 Å². The molecule has 0 radical (unpaired) electrons. The Kier molecular flexibility index (Phi) is 3.00. The fourth-order valence-electron chi connectivity index (χ4n) is 0.877. The Morgan fingerprint density at radius 2 is 1.93 bits per heavy atom. The quantitative estimate of drug-likeness (QED) is 0.834. The maximum Gasteiger partial charge on any atom is 0.248 e. The molecule has 0 aliphatic heterocycles. The van der Waals surface area contributed by atoms with Crippen LogP contribution < -0.4 is 5.14 Å². The van der Waals surface area contributed by atoms with Gasteiger partial charge in [-0.15, -0.1) is 11.3 Å². The molecular formula is C6H9NO4S3. The van der Waals surface area contributed by atoms with Crippen molar-refractivity contribution in [3.05, 3.63) is 11.4 Å². The Morgan fingerprint density at radius 3 is 2.36 bits per heavy atom. The van der Waals surface area contributed by atoms with Crippen LogP contribution in [0.25, 0.3) is 0 Å². The van der Waals surface area contributed by atoms with E-state index in [1.54, 1.807) is 0 Å². The van der Waals surface area contributed by atoms with Gasteiger partial charge < -0.3 is 0 Å². The molecule has 0 fully saturated rings. The molecule has 80 valence electrons. The molecule has 1 aromatic rings. The zero-order valence-corrected chi connectivity index (χ0v) is 9.75. The van der Waals surface area contributed by atoms with Gasteiger partial charge in [0.1, 0.15) is 0 Å². The molecule has 0 bridgehead atoms. The highest BCUT2D eigenvalue weighted by Crippen LogP contribution is 2.26. The first-order chi connectivity index (χ1) is 6.29. The van der Waals surface area contributed by atoms with Crippen molar-refractivity contribution < 1.29 is 16.8 Å². The van der Waals surface area contributed by atoms with Crippen molar-refractivity contribution in [2.75, 3.05) is 5.75 Å². The SMILES string of the molecule is CCS(=O)(=O)c1ccsc1S(N)(=O)=O. The van der Waals surface area contributed by atoms with Crippen molar-refractivity contribution in [2.45, 2.75) is 16.0 Å². The zero-order chi connectivity index (χ0) is 11.0. The van der Waals surface area contributed by atoms with Gasteiger partial charge in [-0.3, -0.25) is 0 Å². The van der Waals surface area contributed by atoms with E-state index < -0.39 is 19.9 Å². The Morgan fingerprint density at radius 1 is 1.36 bits per heavy atom. The van der Waals surface area contributed by atoms with E-state index in [9.17, 15) is 16.8 Å². The summed E-state index contributed by atoms with van der Waals surface area (Å²) in [5, 5.41) is 6.26. The van der Waals surface area contributed by atoms with Crippen molar-refractivity contribution in [1.29, 1.82) is 0 Å². The first-order valence-electron chi connectivity index (χ1n) is 3.62. The summed E-state index contributed by atoms with van der Waals surface area (Å²) in [4.78, 5) is -0.201. The number of nitrogens with two attached hydrogens (primary N) is 1. The van der Waals surface area contributed by atoms with Crippen molar-refractivity contribution in [3.63, 3.8) is 0 Å². The number of rotatable bonds is 3. The van der Waals surface area contributed by atoms with E-state index >= 15 is 0 Å². The van der Waals surface area contributed by atoms with E-state index in [-0.39, 0.29) is 14.9 Å². The molecule has 0 amide bonds. The van der Waals surface area contributed by atoms with Crippen LogP contribution in [0, 0.1) is 0 Å². The van der Waals surface area contributed by atoms with Crippen LogP contribution >= 0.6 is 11.3 Å². The van der Waals surface area contributed by atoms with Crippen LogP contribution in [0.2, 0.25) is 0 Å². The van der Waals surface area contributed by atoms with Crippen molar-refractivity contribution in [2.24, 2.45) is 5.14 Å². The molecule has 8 heteroatoms. The summed E-state index contributed by atoms with van der Waals surface area (Å²) in [6.07, 6.45) is 0. The summed E-state index contributed by atoms with van der Waals surface area (Å²) in [6, 6.07) is 1.25. The van der Waals surface area contributed by atoms with E-state index in [0.29, 0.717) is 0 Å². The molecule has 14 heavy (non-hydrogen) atoms. The van der Waals surface area contributed by atoms with Crippen molar-refractivity contribution in [3.8, 4) is 0 Å². The molecule has 1 aromatic heterocycles. The molecule has 0 aromatic carbocycles. The number of sulfone groups is 1. The molecule has 2 N–H and O–H groups in total. The average Bonchev–Trinajstić information content (AvgIpc) is 2.51. The van der Waals surface area contributed by atoms with Crippen molar-refractivity contribution >= 4 is 31.2 Å². The molecular weight excluding hydrogens is 246 g/mol. The van der Waals surface area contributed by atoms with E-state index in [1.165, 1.54) is 18.4 Å². The van der Waals surface area contributed by atoms with Gasteiger partial charge in [0.05, 0.1) is 10.6 Å². The molecule has 0 saturated heterocycles. The lowest BCUT2D eigenvalue weighted by atomic mass is 10.7. The molecule has 0 spiro atoms. The Labute approximate surface area is 86.5 Å². The molecule has 0 aliphatic rings. The van der Waals surface area contributed by atoms with Gasteiger partial charge in [-0.25, -0.2) is 22.0 Å². The summed E-state index contributed by atoms with van der Waals surface area (Å²) >= 11 is 0.807. The topological polar surface area (TPSA) is 94.3 Å². The first-order valence-corrected chi connectivity index (χ1v) is 7.70. The molecule has 0 saturated carbocycles. The number of hydrogen-bond donors (Lipinski definition) is 1. The summed E-state index contributed by atoms with van der Waals surface area (Å²) in [6.45, 7) is 1.44.